The predicted molar refractivity (Wildman–Crippen MR) is 74.8 cm³/mol. The van der Waals surface area contributed by atoms with E-state index in [2.05, 4.69) is 0 Å². The number of ether oxygens (including phenoxy) is 1. The molecule has 0 heterocycles. The first-order valence-corrected chi connectivity index (χ1v) is 6.19. The van der Waals surface area contributed by atoms with Crippen molar-refractivity contribution in [3.05, 3.63) is 28.2 Å². The summed E-state index contributed by atoms with van der Waals surface area (Å²) in [6.45, 7) is 0.895. The third kappa shape index (κ3) is 6.37. The predicted octanol–water partition coefficient (Wildman–Crippen LogP) is 4.35. The molecule has 5 heteroatoms. The van der Waals surface area contributed by atoms with E-state index in [0.29, 0.717) is 22.4 Å². The highest BCUT2D eigenvalue weighted by Crippen LogP contribution is 2.31. The molecule has 0 saturated heterocycles. The molecule has 0 aromatic heterocycles. The quantitative estimate of drug-likeness (QED) is 0.759. The Balaban J connectivity index is 0.00000256. The van der Waals surface area contributed by atoms with Crippen LogP contribution in [0.1, 0.15) is 25.7 Å². The summed E-state index contributed by atoms with van der Waals surface area (Å²) in [5, 5.41) is 9.59. The van der Waals surface area contributed by atoms with Crippen molar-refractivity contribution in [3.63, 3.8) is 0 Å². The summed E-state index contributed by atoms with van der Waals surface area (Å²) < 4.78 is 5.52. The third-order valence-electron chi connectivity index (χ3n) is 2.23. The maximum atomic E-state index is 8.60. The number of halogens is 3. The molecular weight excluding hydrogens is 282 g/mol. The lowest BCUT2D eigenvalue weighted by Crippen LogP contribution is -1.98. The van der Waals surface area contributed by atoms with Crippen molar-refractivity contribution in [3.8, 4) is 5.75 Å². The van der Waals surface area contributed by atoms with Crippen LogP contribution in [0.5, 0.6) is 5.75 Å². The lowest BCUT2D eigenvalue weighted by atomic mass is 10.2. The minimum absolute atomic E-state index is 0. The molecule has 17 heavy (non-hydrogen) atoms. The summed E-state index contributed by atoms with van der Waals surface area (Å²) in [5.41, 5.74) is 0. The van der Waals surface area contributed by atoms with Gasteiger partial charge in [0.25, 0.3) is 0 Å². The van der Waals surface area contributed by atoms with Gasteiger partial charge < -0.3 is 9.84 Å². The molecule has 0 unspecified atom stereocenters. The Bertz CT molecular complexity index is 319. The van der Waals surface area contributed by atoms with Crippen LogP contribution in [0.3, 0.4) is 0 Å². The Labute approximate surface area is 118 Å². The molecule has 1 N–H and O–H groups in total. The molecule has 1 aromatic rings. The van der Waals surface area contributed by atoms with Crippen molar-refractivity contribution in [2.75, 3.05) is 13.2 Å². The van der Waals surface area contributed by atoms with E-state index in [9.17, 15) is 0 Å². The van der Waals surface area contributed by atoms with Gasteiger partial charge in [-0.15, -0.1) is 12.4 Å². The van der Waals surface area contributed by atoms with Crippen LogP contribution < -0.4 is 4.74 Å². The molecule has 98 valence electrons. The van der Waals surface area contributed by atoms with Gasteiger partial charge in [0.1, 0.15) is 10.8 Å². The van der Waals surface area contributed by atoms with Gasteiger partial charge in [-0.3, -0.25) is 0 Å². The molecule has 1 aromatic carbocycles. The van der Waals surface area contributed by atoms with E-state index in [1.54, 1.807) is 6.07 Å². The van der Waals surface area contributed by atoms with Gasteiger partial charge in [0.2, 0.25) is 0 Å². The number of unbranched alkanes of at least 4 members (excludes halogenated alkanes) is 3. The molecule has 0 spiro atoms. The first-order chi connectivity index (χ1) is 7.75. The smallest absolute Gasteiger partial charge is 0.139 e. The fraction of sp³-hybridized carbons (Fsp3) is 0.500. The molecule has 1 rings (SSSR count). The van der Waals surface area contributed by atoms with Gasteiger partial charge in [-0.2, -0.15) is 0 Å². The van der Waals surface area contributed by atoms with E-state index in [1.165, 1.54) is 0 Å². The molecule has 0 saturated carbocycles. The van der Waals surface area contributed by atoms with Crippen LogP contribution in [-0.2, 0) is 0 Å². The van der Waals surface area contributed by atoms with E-state index in [0.717, 1.165) is 25.7 Å². The van der Waals surface area contributed by atoms with Crippen LogP contribution in [0, 0.1) is 0 Å². The molecule has 0 aliphatic heterocycles. The summed E-state index contributed by atoms with van der Waals surface area (Å²) >= 11 is 11.8. The largest absolute Gasteiger partial charge is 0.492 e. The Morgan fingerprint density at radius 1 is 1.06 bits per heavy atom. The fourth-order valence-corrected chi connectivity index (χ4v) is 1.69. The average Bonchev–Trinajstić information content (AvgIpc) is 2.29. The number of aliphatic hydroxyl groups excluding tert-OH is 1. The van der Waals surface area contributed by atoms with Crippen molar-refractivity contribution in [2.45, 2.75) is 25.7 Å². The normalized spacial score (nSPS) is 9.82. The maximum absolute atomic E-state index is 8.60. The van der Waals surface area contributed by atoms with Crippen LogP contribution in [0.25, 0.3) is 0 Å². The van der Waals surface area contributed by atoms with Crippen molar-refractivity contribution in [1.29, 1.82) is 0 Å². The van der Waals surface area contributed by atoms with Gasteiger partial charge in [-0.1, -0.05) is 35.7 Å². The highest BCUT2D eigenvalue weighted by atomic mass is 35.5. The zero-order chi connectivity index (χ0) is 11.8. The number of hydrogen-bond acceptors (Lipinski definition) is 2. The van der Waals surface area contributed by atoms with E-state index < -0.39 is 0 Å². The number of benzene rings is 1. The second-order valence-electron chi connectivity index (χ2n) is 3.54. The van der Waals surface area contributed by atoms with Crippen molar-refractivity contribution in [2.24, 2.45) is 0 Å². The first-order valence-electron chi connectivity index (χ1n) is 5.43. The minimum Gasteiger partial charge on any atom is -0.492 e. The molecule has 0 atom stereocenters. The Kier molecular flexibility index (Phi) is 9.75. The van der Waals surface area contributed by atoms with Crippen LogP contribution in [0.2, 0.25) is 10.0 Å². The zero-order valence-corrected chi connectivity index (χ0v) is 11.8. The standard InChI is InChI=1S/C12H16Cl2O2.ClH/c13-10-6-5-7-11(12(10)14)16-9-4-2-1-3-8-15;/h5-7,15H,1-4,8-9H2;1H. The van der Waals surface area contributed by atoms with Gasteiger partial charge in [0.15, 0.2) is 0 Å². The fourth-order valence-electron chi connectivity index (χ4n) is 1.35. The van der Waals surface area contributed by atoms with E-state index in [-0.39, 0.29) is 19.0 Å². The molecule has 2 nitrogen and oxygen atoms in total. The number of aliphatic hydroxyl groups is 1. The molecule has 0 amide bonds. The summed E-state index contributed by atoms with van der Waals surface area (Å²) in [4.78, 5) is 0. The van der Waals surface area contributed by atoms with Gasteiger partial charge in [-0.25, -0.2) is 0 Å². The Morgan fingerprint density at radius 2 is 1.76 bits per heavy atom. The third-order valence-corrected chi connectivity index (χ3v) is 3.03. The molecule has 0 aliphatic rings. The zero-order valence-electron chi connectivity index (χ0n) is 9.49. The van der Waals surface area contributed by atoms with E-state index >= 15 is 0 Å². The lowest BCUT2D eigenvalue weighted by Gasteiger charge is -2.08. The molecule has 0 bridgehead atoms. The Hall–Kier alpha value is -0.150. The van der Waals surface area contributed by atoms with Crippen molar-refractivity contribution in [1.82, 2.24) is 0 Å². The molecule has 0 aliphatic carbocycles. The highest BCUT2D eigenvalue weighted by Gasteiger charge is 2.04. The van der Waals surface area contributed by atoms with Crippen LogP contribution >= 0.6 is 35.6 Å². The van der Waals surface area contributed by atoms with Crippen LogP contribution in [0.15, 0.2) is 18.2 Å². The summed E-state index contributed by atoms with van der Waals surface area (Å²) in [6.07, 6.45) is 3.91. The van der Waals surface area contributed by atoms with Crippen LogP contribution in [-0.4, -0.2) is 18.3 Å². The summed E-state index contributed by atoms with van der Waals surface area (Å²) in [7, 11) is 0. The summed E-state index contributed by atoms with van der Waals surface area (Å²) in [6, 6.07) is 5.36. The van der Waals surface area contributed by atoms with Crippen molar-refractivity contribution >= 4 is 35.6 Å². The van der Waals surface area contributed by atoms with Gasteiger partial charge in [0.05, 0.1) is 11.6 Å². The monoisotopic (exact) mass is 298 g/mol. The Morgan fingerprint density at radius 3 is 2.47 bits per heavy atom. The average molecular weight is 300 g/mol. The van der Waals surface area contributed by atoms with Gasteiger partial charge in [0, 0.05) is 6.61 Å². The lowest BCUT2D eigenvalue weighted by molar-refractivity contribution is 0.273. The van der Waals surface area contributed by atoms with Gasteiger partial charge in [-0.05, 0) is 31.4 Å². The highest BCUT2D eigenvalue weighted by molar-refractivity contribution is 6.42. The SMILES string of the molecule is Cl.OCCCCCCOc1cccc(Cl)c1Cl. The molecule has 0 radical (unpaired) electrons. The number of hydrogen-bond donors (Lipinski definition) is 1. The summed E-state index contributed by atoms with van der Waals surface area (Å²) in [5.74, 6) is 0.635. The topological polar surface area (TPSA) is 29.5 Å². The van der Waals surface area contributed by atoms with E-state index in [4.69, 9.17) is 33.0 Å². The number of rotatable bonds is 7. The van der Waals surface area contributed by atoms with Gasteiger partial charge >= 0.3 is 0 Å². The molecule has 0 fully saturated rings. The maximum Gasteiger partial charge on any atom is 0.139 e. The second-order valence-corrected chi connectivity index (χ2v) is 4.32. The minimum atomic E-state index is 0. The molecular formula is C12H17Cl3O2. The van der Waals surface area contributed by atoms with Crippen LogP contribution in [0.4, 0.5) is 0 Å². The second kappa shape index (κ2) is 9.84. The first kappa shape index (κ1) is 16.9. The van der Waals surface area contributed by atoms with E-state index in [1.807, 2.05) is 12.1 Å². The van der Waals surface area contributed by atoms with Crippen molar-refractivity contribution < 1.29 is 9.84 Å².